The Bertz CT molecular complexity index is 440. The van der Waals surface area contributed by atoms with Crippen molar-refractivity contribution in [2.75, 3.05) is 0 Å². The minimum Gasteiger partial charge on any atom is -0.618 e. The van der Waals surface area contributed by atoms with Crippen molar-refractivity contribution in [3.63, 3.8) is 0 Å². The van der Waals surface area contributed by atoms with Gasteiger partial charge in [0.1, 0.15) is 0 Å². The van der Waals surface area contributed by atoms with Gasteiger partial charge in [-0.25, -0.2) is 8.42 Å². The van der Waals surface area contributed by atoms with Crippen LogP contribution in [0.4, 0.5) is 0 Å². The molecule has 0 aliphatic carbocycles. The molecule has 0 unspecified atom stereocenters. The number of aromatic nitrogens is 1. The summed E-state index contributed by atoms with van der Waals surface area (Å²) in [7, 11) is -3.81. The minimum atomic E-state index is -3.81. The molecular weight excluding hydrogens is 406 g/mol. The summed E-state index contributed by atoms with van der Waals surface area (Å²) in [4.78, 5) is 0. The van der Waals surface area contributed by atoms with Crippen LogP contribution in [0.2, 0.25) is 0 Å². The van der Waals surface area contributed by atoms with Gasteiger partial charge in [0.15, 0.2) is 6.20 Å². The molecule has 8 heteroatoms. The largest absolute Gasteiger partial charge is 0.618 e. The molecule has 0 aromatic carbocycles. The van der Waals surface area contributed by atoms with Gasteiger partial charge in [0.25, 0.3) is 9.84 Å². The average Bonchev–Trinajstić information content (AvgIpc) is 2.02. The Balaban J connectivity index is 3.40. The van der Waals surface area contributed by atoms with E-state index in [2.05, 4.69) is 47.8 Å². The van der Waals surface area contributed by atoms with Crippen LogP contribution in [0.25, 0.3) is 0 Å². The Kier molecular flexibility index (Phi) is 3.61. The monoisotopic (exact) mass is 407 g/mol. The van der Waals surface area contributed by atoms with Gasteiger partial charge in [-0.3, -0.25) is 0 Å². The first-order valence-electron chi connectivity index (χ1n) is 3.26. The van der Waals surface area contributed by atoms with Crippen molar-refractivity contribution >= 4 is 57.6 Å². The van der Waals surface area contributed by atoms with Crippen molar-refractivity contribution in [3.8, 4) is 0 Å². The van der Waals surface area contributed by atoms with E-state index in [-0.39, 0.29) is 9.76 Å². The number of hydrogen-bond acceptors (Lipinski definition) is 3. The van der Waals surface area contributed by atoms with E-state index in [1.165, 1.54) is 18.2 Å². The third-order valence-corrected chi connectivity index (χ3v) is 6.68. The van der Waals surface area contributed by atoms with E-state index in [1.807, 2.05) is 0 Å². The van der Waals surface area contributed by atoms with Crippen molar-refractivity contribution in [1.82, 2.24) is 0 Å². The predicted molar refractivity (Wildman–Crippen MR) is 62.1 cm³/mol. The quantitative estimate of drug-likeness (QED) is 0.404. The molecule has 0 aliphatic rings. The van der Waals surface area contributed by atoms with Gasteiger partial charge in [0.05, 0.1) is 0 Å². The highest BCUT2D eigenvalue weighted by Crippen LogP contribution is 2.42. The van der Waals surface area contributed by atoms with Crippen molar-refractivity contribution < 1.29 is 13.1 Å². The number of alkyl halides is 3. The lowest BCUT2D eigenvalue weighted by Gasteiger charge is -2.12. The molecule has 78 valence electrons. The fraction of sp³-hybridized carbons (Fsp3) is 0.167. The van der Waals surface area contributed by atoms with Gasteiger partial charge in [0, 0.05) is 12.1 Å². The van der Waals surface area contributed by atoms with E-state index in [1.54, 1.807) is 0 Å². The Morgan fingerprint density at radius 3 is 2.29 bits per heavy atom. The van der Waals surface area contributed by atoms with Crippen LogP contribution in [-0.4, -0.2) is 9.89 Å². The molecule has 14 heavy (non-hydrogen) atoms. The first-order chi connectivity index (χ1) is 6.27. The molecule has 0 N–H and O–H groups in total. The van der Waals surface area contributed by atoms with E-state index in [0.717, 1.165) is 6.20 Å². The molecule has 0 bridgehead atoms. The fourth-order valence-corrected chi connectivity index (χ4v) is 3.02. The van der Waals surface area contributed by atoms with Crippen LogP contribution in [0.3, 0.4) is 0 Å². The maximum absolute atomic E-state index is 11.7. The maximum Gasteiger partial charge on any atom is 0.311 e. The predicted octanol–water partition coefficient (Wildman–Crippen LogP) is 1.89. The number of halogens is 3. The SMILES string of the molecule is O=S(=O)(c1cccc[n+]1[O-])C(Br)(Br)Br. The molecule has 0 amide bonds. The first-order valence-corrected chi connectivity index (χ1v) is 7.12. The third-order valence-electron chi connectivity index (χ3n) is 1.37. The lowest BCUT2D eigenvalue weighted by Crippen LogP contribution is -2.36. The van der Waals surface area contributed by atoms with Crippen molar-refractivity contribution in [1.29, 1.82) is 0 Å². The molecule has 0 saturated carbocycles. The second-order valence-electron chi connectivity index (χ2n) is 2.31. The second kappa shape index (κ2) is 4.07. The Labute approximate surface area is 106 Å². The van der Waals surface area contributed by atoms with Crippen LogP contribution in [0.5, 0.6) is 0 Å². The van der Waals surface area contributed by atoms with Crippen molar-refractivity contribution in [2.45, 2.75) is 6.50 Å². The lowest BCUT2D eigenvalue weighted by molar-refractivity contribution is -0.646. The molecule has 0 saturated heterocycles. The van der Waals surface area contributed by atoms with Gasteiger partial charge >= 0.3 is 5.03 Å². The summed E-state index contributed by atoms with van der Waals surface area (Å²) in [6, 6.07) is 4.14. The van der Waals surface area contributed by atoms with Crippen LogP contribution < -0.4 is 4.73 Å². The molecule has 1 aromatic heterocycles. The summed E-state index contributed by atoms with van der Waals surface area (Å²) in [5.41, 5.74) is 0. The molecular formula is C6H4Br3NO3S. The molecule has 4 nitrogen and oxygen atoms in total. The molecule has 1 aromatic rings. The number of nitrogens with zero attached hydrogens (tertiary/aromatic N) is 1. The number of sulfone groups is 1. The van der Waals surface area contributed by atoms with Gasteiger partial charge in [-0.15, -0.1) is 0 Å². The molecule has 0 aliphatic heterocycles. The van der Waals surface area contributed by atoms with E-state index >= 15 is 0 Å². The number of pyridine rings is 1. The highest BCUT2D eigenvalue weighted by Gasteiger charge is 2.42. The summed E-state index contributed by atoms with van der Waals surface area (Å²) in [5, 5.41) is 10.8. The smallest absolute Gasteiger partial charge is 0.311 e. The fourth-order valence-electron chi connectivity index (χ4n) is 0.739. The molecule has 1 rings (SSSR count). The van der Waals surface area contributed by atoms with E-state index < -0.39 is 11.3 Å². The Morgan fingerprint density at radius 2 is 1.86 bits per heavy atom. The van der Waals surface area contributed by atoms with E-state index in [0.29, 0.717) is 0 Å². The number of rotatable bonds is 1. The molecule has 0 radical (unpaired) electrons. The molecule has 1 heterocycles. The van der Waals surface area contributed by atoms with Crippen LogP contribution in [-0.2, 0) is 9.84 Å². The average molecular weight is 410 g/mol. The summed E-state index contributed by atoms with van der Waals surface area (Å²) in [6.45, 7) is 0. The Hall–Kier alpha value is 0.340. The summed E-state index contributed by atoms with van der Waals surface area (Å²) >= 11 is 8.59. The first kappa shape index (κ1) is 12.4. The third kappa shape index (κ3) is 2.29. The lowest BCUT2D eigenvalue weighted by atomic mass is 10.5. The van der Waals surface area contributed by atoms with Gasteiger partial charge in [-0.2, -0.15) is 4.73 Å². The standard InChI is InChI=1S/C6H4Br3NO3S/c7-6(8,9)14(12,13)5-3-1-2-4-10(5)11/h1-4H. The maximum atomic E-state index is 11.7. The second-order valence-corrected chi connectivity index (χ2v) is 12.7. The highest BCUT2D eigenvalue weighted by molar-refractivity contribution is 9.42. The number of hydrogen-bond donors (Lipinski definition) is 0. The van der Waals surface area contributed by atoms with Crippen LogP contribution in [0, 0.1) is 5.21 Å². The van der Waals surface area contributed by atoms with Crippen molar-refractivity contribution in [2.24, 2.45) is 0 Å². The highest BCUT2D eigenvalue weighted by atomic mass is 80.0. The van der Waals surface area contributed by atoms with Gasteiger partial charge in [-0.05, 0) is 53.9 Å². The Morgan fingerprint density at radius 1 is 1.29 bits per heavy atom. The van der Waals surface area contributed by atoms with Crippen LogP contribution >= 0.6 is 47.8 Å². The summed E-state index contributed by atoms with van der Waals surface area (Å²) in [5.74, 6) is 0. The normalized spacial score (nSPS) is 12.8. The summed E-state index contributed by atoms with van der Waals surface area (Å²) < 4.78 is 22.2. The van der Waals surface area contributed by atoms with E-state index in [4.69, 9.17) is 0 Å². The summed E-state index contributed by atoms with van der Waals surface area (Å²) in [6.07, 6.45) is 1.12. The van der Waals surface area contributed by atoms with E-state index in [9.17, 15) is 13.6 Å². The minimum absolute atomic E-state index is 0.286. The van der Waals surface area contributed by atoms with Gasteiger partial charge in [0.2, 0.25) is 1.47 Å². The van der Waals surface area contributed by atoms with Gasteiger partial charge in [-0.1, -0.05) is 0 Å². The van der Waals surface area contributed by atoms with Crippen LogP contribution in [0.15, 0.2) is 29.4 Å². The molecule has 0 fully saturated rings. The van der Waals surface area contributed by atoms with Crippen molar-refractivity contribution in [3.05, 3.63) is 29.6 Å². The van der Waals surface area contributed by atoms with Crippen LogP contribution in [0.1, 0.15) is 0 Å². The zero-order chi connectivity index (χ0) is 11.0. The molecule has 0 spiro atoms. The zero-order valence-corrected chi connectivity index (χ0v) is 12.1. The van der Waals surface area contributed by atoms with Gasteiger partial charge < -0.3 is 5.21 Å². The molecule has 0 atom stereocenters. The topological polar surface area (TPSA) is 61.1 Å². The zero-order valence-electron chi connectivity index (χ0n) is 6.52.